The number of ether oxygens (including phenoxy) is 1. The van der Waals surface area contributed by atoms with Crippen LogP contribution in [0.3, 0.4) is 0 Å². The molecule has 0 aliphatic rings. The van der Waals surface area contributed by atoms with E-state index < -0.39 is 22.4 Å². The molecular weight excluding hydrogens is 236 g/mol. The van der Waals surface area contributed by atoms with E-state index in [4.69, 9.17) is 0 Å². The zero-order chi connectivity index (χ0) is 12.8. The summed E-state index contributed by atoms with van der Waals surface area (Å²) >= 11 is 0. The van der Waals surface area contributed by atoms with Crippen LogP contribution in [-0.2, 0) is 19.8 Å². The summed E-state index contributed by atoms with van der Waals surface area (Å²) in [6.45, 7) is 7.13. The highest BCUT2D eigenvalue weighted by Crippen LogP contribution is 1.92. The number of hydrogen-bond donors (Lipinski definition) is 2. The fourth-order valence-electron chi connectivity index (χ4n) is 0.647. The zero-order valence-electron chi connectivity index (χ0n) is 9.81. The van der Waals surface area contributed by atoms with Gasteiger partial charge in [-0.1, -0.05) is 18.7 Å². The topological polar surface area (TPSA) is 93.7 Å². The SMILES string of the molecule is CC(C)CONS(=O)(=O)NC(=O)OC(C)C. The predicted octanol–water partition coefficient (Wildman–Crippen LogP) is 0.543. The molecule has 0 atom stereocenters. The van der Waals surface area contributed by atoms with Crippen LogP contribution in [0.15, 0.2) is 0 Å². The van der Waals surface area contributed by atoms with Crippen molar-refractivity contribution in [3.63, 3.8) is 0 Å². The van der Waals surface area contributed by atoms with Crippen molar-refractivity contribution in [1.29, 1.82) is 0 Å². The first-order valence-corrected chi connectivity index (χ1v) is 6.33. The van der Waals surface area contributed by atoms with Gasteiger partial charge in [0.05, 0.1) is 12.7 Å². The number of nitrogens with one attached hydrogen (secondary N) is 2. The third-order valence-corrected chi connectivity index (χ3v) is 1.92. The maximum Gasteiger partial charge on any atom is 0.422 e. The number of amides is 1. The number of carbonyl (C=O) groups is 1. The monoisotopic (exact) mass is 254 g/mol. The first-order chi connectivity index (χ1) is 7.23. The van der Waals surface area contributed by atoms with Gasteiger partial charge in [0, 0.05) is 0 Å². The Balaban J connectivity index is 4.00. The van der Waals surface area contributed by atoms with Crippen molar-refractivity contribution in [3.05, 3.63) is 0 Å². The molecule has 1 amide bonds. The summed E-state index contributed by atoms with van der Waals surface area (Å²) in [5, 5.41) is 0. The Morgan fingerprint density at radius 3 is 2.25 bits per heavy atom. The molecule has 16 heavy (non-hydrogen) atoms. The first kappa shape index (κ1) is 15.1. The van der Waals surface area contributed by atoms with Crippen molar-refractivity contribution in [1.82, 2.24) is 9.61 Å². The van der Waals surface area contributed by atoms with E-state index in [1.165, 1.54) is 0 Å². The lowest BCUT2D eigenvalue weighted by Gasteiger charge is -2.11. The molecule has 0 rings (SSSR count). The molecule has 0 saturated heterocycles. The standard InChI is InChI=1S/C8H18N2O5S/c1-6(2)5-14-10-16(12,13)9-8(11)15-7(3)4/h6-7,10H,5H2,1-4H3,(H,9,11). The van der Waals surface area contributed by atoms with Gasteiger partial charge < -0.3 is 4.74 Å². The van der Waals surface area contributed by atoms with Crippen LogP contribution in [0.5, 0.6) is 0 Å². The molecule has 0 aromatic heterocycles. The Morgan fingerprint density at radius 1 is 1.25 bits per heavy atom. The van der Waals surface area contributed by atoms with Crippen LogP contribution in [0.1, 0.15) is 27.7 Å². The zero-order valence-corrected chi connectivity index (χ0v) is 10.6. The minimum absolute atomic E-state index is 0.172. The maximum atomic E-state index is 11.2. The van der Waals surface area contributed by atoms with Gasteiger partial charge in [-0.3, -0.25) is 4.84 Å². The third-order valence-electron chi connectivity index (χ3n) is 1.15. The summed E-state index contributed by atoms with van der Waals surface area (Å²) < 4.78 is 28.5. The van der Waals surface area contributed by atoms with E-state index >= 15 is 0 Å². The Hall–Kier alpha value is -0.860. The molecule has 0 aliphatic carbocycles. The highest BCUT2D eigenvalue weighted by atomic mass is 32.2. The Bertz CT molecular complexity index is 312. The normalized spacial score (nSPS) is 11.9. The molecule has 2 N–H and O–H groups in total. The van der Waals surface area contributed by atoms with Crippen molar-refractivity contribution >= 4 is 16.3 Å². The van der Waals surface area contributed by atoms with E-state index in [-0.39, 0.29) is 12.5 Å². The van der Waals surface area contributed by atoms with Gasteiger partial charge in [0.1, 0.15) is 0 Å². The fraction of sp³-hybridized carbons (Fsp3) is 0.875. The molecule has 8 heteroatoms. The van der Waals surface area contributed by atoms with Gasteiger partial charge >= 0.3 is 16.3 Å². The molecule has 96 valence electrons. The van der Waals surface area contributed by atoms with Gasteiger partial charge in [0.2, 0.25) is 0 Å². The van der Waals surface area contributed by atoms with Crippen molar-refractivity contribution in [2.45, 2.75) is 33.8 Å². The number of rotatable bonds is 6. The Kier molecular flexibility index (Phi) is 6.31. The van der Waals surface area contributed by atoms with E-state index in [9.17, 15) is 13.2 Å². The molecule has 0 heterocycles. The predicted molar refractivity (Wildman–Crippen MR) is 57.6 cm³/mol. The van der Waals surface area contributed by atoms with Gasteiger partial charge in [0.25, 0.3) is 0 Å². The molecular formula is C8H18N2O5S. The van der Waals surface area contributed by atoms with Crippen LogP contribution >= 0.6 is 0 Å². The third kappa shape index (κ3) is 8.45. The van der Waals surface area contributed by atoms with Crippen molar-refractivity contribution in [2.75, 3.05) is 6.61 Å². The molecule has 0 aromatic carbocycles. The Labute approximate surface area is 95.6 Å². The van der Waals surface area contributed by atoms with Gasteiger partial charge in [-0.2, -0.15) is 8.42 Å². The molecule has 7 nitrogen and oxygen atoms in total. The number of carbonyl (C=O) groups excluding carboxylic acids is 1. The second-order valence-corrected chi connectivity index (χ2v) is 5.23. The van der Waals surface area contributed by atoms with E-state index in [1.54, 1.807) is 23.5 Å². The maximum absolute atomic E-state index is 11.2. The van der Waals surface area contributed by atoms with E-state index in [0.29, 0.717) is 0 Å². The molecule has 0 bridgehead atoms. The molecule has 0 saturated carbocycles. The summed E-state index contributed by atoms with van der Waals surface area (Å²) in [4.78, 5) is 17.4. The van der Waals surface area contributed by atoms with Crippen LogP contribution in [0.25, 0.3) is 0 Å². The van der Waals surface area contributed by atoms with Crippen molar-refractivity contribution < 1.29 is 22.8 Å². The van der Waals surface area contributed by atoms with Crippen LogP contribution in [0.2, 0.25) is 0 Å². The summed E-state index contributed by atoms with van der Waals surface area (Å²) in [5.74, 6) is 0.172. The lowest BCUT2D eigenvalue weighted by molar-refractivity contribution is 0.0701. The summed E-state index contributed by atoms with van der Waals surface area (Å²) in [6, 6.07) is 0. The highest BCUT2D eigenvalue weighted by Gasteiger charge is 2.16. The highest BCUT2D eigenvalue weighted by molar-refractivity contribution is 7.87. The second kappa shape index (κ2) is 6.66. The van der Waals surface area contributed by atoms with Crippen LogP contribution in [0.4, 0.5) is 4.79 Å². The quantitative estimate of drug-likeness (QED) is 0.675. The lowest BCUT2D eigenvalue weighted by Crippen LogP contribution is -2.41. The fourth-order valence-corrected chi connectivity index (χ4v) is 1.18. The molecule has 0 aromatic rings. The van der Waals surface area contributed by atoms with Crippen molar-refractivity contribution in [2.24, 2.45) is 5.92 Å². The second-order valence-electron chi connectivity index (χ2n) is 3.85. The minimum Gasteiger partial charge on any atom is -0.446 e. The summed E-state index contributed by atoms with van der Waals surface area (Å²) in [7, 11) is -4.02. The molecule has 0 unspecified atom stereocenters. The molecule has 0 fully saturated rings. The van der Waals surface area contributed by atoms with E-state index in [1.807, 2.05) is 13.8 Å². The minimum atomic E-state index is -4.02. The van der Waals surface area contributed by atoms with Gasteiger partial charge in [-0.15, -0.1) is 0 Å². The van der Waals surface area contributed by atoms with E-state index in [0.717, 1.165) is 0 Å². The average Bonchev–Trinajstić information content (AvgIpc) is 1.98. The first-order valence-electron chi connectivity index (χ1n) is 4.85. The van der Waals surface area contributed by atoms with Gasteiger partial charge in [-0.05, 0) is 19.8 Å². The van der Waals surface area contributed by atoms with Crippen LogP contribution in [0, 0.1) is 5.92 Å². The van der Waals surface area contributed by atoms with Crippen molar-refractivity contribution in [3.8, 4) is 0 Å². The van der Waals surface area contributed by atoms with Crippen LogP contribution < -0.4 is 9.61 Å². The van der Waals surface area contributed by atoms with E-state index in [2.05, 4.69) is 9.57 Å². The summed E-state index contributed by atoms with van der Waals surface area (Å²) in [5.41, 5.74) is 0. The molecule has 0 spiro atoms. The molecule has 0 aliphatic heterocycles. The average molecular weight is 254 g/mol. The Morgan fingerprint density at radius 2 is 1.81 bits per heavy atom. The summed E-state index contributed by atoms with van der Waals surface area (Å²) in [6.07, 6.45) is -1.44. The van der Waals surface area contributed by atoms with Gasteiger partial charge in [-0.25, -0.2) is 9.52 Å². The smallest absolute Gasteiger partial charge is 0.422 e. The number of hydrogen-bond acceptors (Lipinski definition) is 5. The van der Waals surface area contributed by atoms with Crippen LogP contribution in [-0.4, -0.2) is 27.2 Å². The largest absolute Gasteiger partial charge is 0.446 e. The molecule has 0 radical (unpaired) electrons. The lowest BCUT2D eigenvalue weighted by atomic mass is 10.2. The van der Waals surface area contributed by atoms with Gasteiger partial charge in [0.15, 0.2) is 0 Å².